The van der Waals surface area contributed by atoms with Crippen molar-refractivity contribution in [2.75, 3.05) is 0 Å². The van der Waals surface area contributed by atoms with Crippen LogP contribution in [0.4, 0.5) is 0 Å². The molecule has 0 spiro atoms. The molecule has 109 valence electrons. The van der Waals surface area contributed by atoms with Crippen molar-refractivity contribution in [1.29, 1.82) is 0 Å². The molecule has 0 aromatic rings. The normalized spacial score (nSPS) is 13.2. The summed E-state index contributed by atoms with van der Waals surface area (Å²) in [6.45, 7) is 3.70. The molecule has 11 heteroatoms. The van der Waals surface area contributed by atoms with Crippen molar-refractivity contribution >= 4 is 20.2 Å². The average molecular weight is 342 g/mol. The molecule has 0 aromatic heterocycles. The summed E-state index contributed by atoms with van der Waals surface area (Å²) in [6.07, 6.45) is 0. The Morgan fingerprint density at radius 1 is 0.765 bits per heavy atom. The number of hydrogen-bond acceptors (Lipinski definition) is 8. The molecule has 0 aliphatic rings. The first-order chi connectivity index (χ1) is 6.50. The zero-order valence-corrected chi connectivity index (χ0v) is 12.0. The molecule has 0 unspecified atom stereocenters. The summed E-state index contributed by atoms with van der Waals surface area (Å²) >= 11 is 0. The fourth-order valence-electron chi connectivity index (χ4n) is 0. The molecule has 0 fully saturated rings. The first kappa shape index (κ1) is 22.4. The van der Waals surface area contributed by atoms with Crippen molar-refractivity contribution in [3.63, 3.8) is 0 Å². The Hall–Kier alpha value is 0.259. The molecule has 17 heavy (non-hydrogen) atoms. The van der Waals surface area contributed by atoms with E-state index < -0.39 is 30.1 Å². The van der Waals surface area contributed by atoms with E-state index in [0.29, 0.717) is 0 Å². The molecule has 0 aromatic carbocycles. The van der Waals surface area contributed by atoms with E-state index in [1.54, 1.807) is 0 Å². The van der Waals surface area contributed by atoms with Gasteiger partial charge in [-0.1, -0.05) is 0 Å². The molecule has 0 atom stereocenters. The molecule has 0 rings (SSSR count). The van der Waals surface area contributed by atoms with Gasteiger partial charge >= 0.3 is 17.1 Å². The van der Waals surface area contributed by atoms with Crippen LogP contribution in [-0.4, -0.2) is 46.0 Å². The van der Waals surface area contributed by atoms with Crippen LogP contribution in [0.3, 0.4) is 0 Å². The second-order valence-electron chi connectivity index (χ2n) is 3.80. The van der Waals surface area contributed by atoms with Crippen LogP contribution < -0.4 is 0 Å². The predicted molar refractivity (Wildman–Crippen MR) is 52.0 cm³/mol. The van der Waals surface area contributed by atoms with Crippen molar-refractivity contribution in [2.45, 2.75) is 37.6 Å². The van der Waals surface area contributed by atoms with Crippen molar-refractivity contribution < 1.29 is 53.2 Å². The van der Waals surface area contributed by atoms with Gasteiger partial charge in [0.1, 0.15) is 30.1 Å². The van der Waals surface area contributed by atoms with Gasteiger partial charge in [0.2, 0.25) is 0 Å². The van der Waals surface area contributed by atoms with Crippen LogP contribution in [0.2, 0.25) is 0 Å². The SMILES string of the molecule is CC(C)(O)S(=O)(=O)[O-].CC(C)(O)S(=O)(=O)[O-].[Cu+2]. The summed E-state index contributed by atoms with van der Waals surface area (Å²) in [7, 11) is -9.07. The zero-order chi connectivity index (χ0) is 14.0. The van der Waals surface area contributed by atoms with Gasteiger partial charge in [-0.3, -0.25) is 0 Å². The van der Waals surface area contributed by atoms with E-state index in [1.807, 2.05) is 0 Å². The molecule has 8 nitrogen and oxygen atoms in total. The van der Waals surface area contributed by atoms with E-state index in [1.165, 1.54) is 0 Å². The van der Waals surface area contributed by atoms with Gasteiger partial charge < -0.3 is 19.3 Å². The summed E-state index contributed by atoms with van der Waals surface area (Å²) in [5.74, 6) is 0. The molecule has 0 bridgehead atoms. The molecule has 0 aliphatic heterocycles. The van der Waals surface area contributed by atoms with E-state index in [4.69, 9.17) is 10.2 Å². The van der Waals surface area contributed by atoms with E-state index in [-0.39, 0.29) is 17.1 Å². The Labute approximate surface area is 111 Å². The van der Waals surface area contributed by atoms with Gasteiger partial charge in [0.05, 0.1) is 0 Å². The van der Waals surface area contributed by atoms with Gasteiger partial charge in [0, 0.05) is 0 Å². The van der Waals surface area contributed by atoms with Crippen LogP contribution in [0.15, 0.2) is 0 Å². The fraction of sp³-hybridized carbons (Fsp3) is 1.00. The summed E-state index contributed by atoms with van der Waals surface area (Å²) in [4.78, 5) is -4.29. The minimum Gasteiger partial charge on any atom is -0.746 e. The standard InChI is InChI=1S/2C3H8O4S.Cu/c2*1-3(2,4)8(5,6)7;/h2*4H,1-2H3,(H,5,6,7);/q;;+2/p-2. The van der Waals surface area contributed by atoms with E-state index in [9.17, 15) is 25.9 Å². The van der Waals surface area contributed by atoms with Gasteiger partial charge in [0.15, 0.2) is 0 Å². The maximum absolute atomic E-state index is 9.85. The molecule has 0 heterocycles. The molecule has 0 amide bonds. The number of rotatable bonds is 2. The zero-order valence-electron chi connectivity index (χ0n) is 9.46. The van der Waals surface area contributed by atoms with Gasteiger partial charge in [-0.05, 0) is 27.7 Å². The maximum atomic E-state index is 9.85. The smallest absolute Gasteiger partial charge is 0.746 e. The molecule has 2 N–H and O–H groups in total. The maximum Gasteiger partial charge on any atom is 2.00 e. The van der Waals surface area contributed by atoms with E-state index in [2.05, 4.69) is 0 Å². The second kappa shape index (κ2) is 6.43. The Morgan fingerprint density at radius 3 is 0.824 bits per heavy atom. The molecule has 0 saturated carbocycles. The third-order valence-electron chi connectivity index (χ3n) is 1.22. The van der Waals surface area contributed by atoms with Crippen LogP contribution in [0.5, 0.6) is 0 Å². The minimum absolute atomic E-state index is 0. The molecular weight excluding hydrogens is 328 g/mol. The Morgan fingerprint density at radius 2 is 0.824 bits per heavy atom. The third-order valence-corrected chi connectivity index (χ3v) is 3.67. The average Bonchev–Trinajstić information content (AvgIpc) is 1.77. The van der Waals surface area contributed by atoms with Crippen LogP contribution in [0.1, 0.15) is 27.7 Å². The number of hydrogen-bond donors (Lipinski definition) is 2. The van der Waals surface area contributed by atoms with Crippen molar-refractivity contribution in [1.82, 2.24) is 0 Å². The molecular formula is C6H14CuO8S2. The van der Waals surface area contributed by atoms with E-state index in [0.717, 1.165) is 27.7 Å². The van der Waals surface area contributed by atoms with Gasteiger partial charge in [0.25, 0.3) is 0 Å². The Balaban J connectivity index is -0.000000218. The van der Waals surface area contributed by atoms with Gasteiger partial charge in [-0.2, -0.15) is 0 Å². The van der Waals surface area contributed by atoms with Gasteiger partial charge in [-0.25, -0.2) is 16.8 Å². The summed E-state index contributed by atoms with van der Waals surface area (Å²) in [5.41, 5.74) is 0. The summed E-state index contributed by atoms with van der Waals surface area (Å²) in [5, 5.41) is 16.9. The first-order valence-corrected chi connectivity index (χ1v) is 6.67. The Kier molecular flexibility index (Phi) is 8.49. The molecule has 0 saturated heterocycles. The summed E-state index contributed by atoms with van der Waals surface area (Å²) < 4.78 is 59.1. The monoisotopic (exact) mass is 341 g/mol. The first-order valence-electron chi connectivity index (χ1n) is 3.86. The fourth-order valence-corrected chi connectivity index (χ4v) is 0. The van der Waals surface area contributed by atoms with Crippen LogP contribution in [0.25, 0.3) is 0 Å². The molecule has 1 radical (unpaired) electrons. The van der Waals surface area contributed by atoms with Gasteiger partial charge in [-0.15, -0.1) is 0 Å². The van der Waals surface area contributed by atoms with Crippen LogP contribution in [0, 0.1) is 0 Å². The van der Waals surface area contributed by atoms with Crippen LogP contribution in [-0.2, 0) is 37.3 Å². The predicted octanol–water partition coefficient (Wildman–Crippen LogP) is -1.48. The minimum atomic E-state index is -4.53. The van der Waals surface area contributed by atoms with E-state index >= 15 is 0 Å². The van der Waals surface area contributed by atoms with Crippen molar-refractivity contribution in [3.05, 3.63) is 0 Å². The second-order valence-corrected chi connectivity index (χ2v) is 7.62. The third kappa shape index (κ3) is 9.92. The molecule has 0 aliphatic carbocycles. The quantitative estimate of drug-likeness (QED) is 0.455. The Bertz CT molecular complexity index is 368. The number of aliphatic hydroxyl groups is 2. The topological polar surface area (TPSA) is 155 Å². The summed E-state index contributed by atoms with van der Waals surface area (Å²) in [6, 6.07) is 0. The largest absolute Gasteiger partial charge is 2.00 e. The van der Waals surface area contributed by atoms with Crippen LogP contribution >= 0.6 is 0 Å². The van der Waals surface area contributed by atoms with Crippen molar-refractivity contribution in [2.24, 2.45) is 0 Å². The van der Waals surface area contributed by atoms with Crippen molar-refractivity contribution in [3.8, 4) is 0 Å².